The van der Waals surface area contributed by atoms with Crippen molar-refractivity contribution in [2.45, 2.75) is 126 Å². The molecular weight excluding hydrogens is 1030 g/mol. The zero-order valence-electron chi connectivity index (χ0n) is 52.1. The monoisotopic (exact) mass is 1110 g/mol. The maximum Gasteiger partial charge on any atom is 0.252 e. The molecule has 0 aliphatic carbocycles. The van der Waals surface area contributed by atoms with E-state index >= 15 is 0 Å². The first-order valence-electron chi connectivity index (χ1n) is 30.4. The van der Waals surface area contributed by atoms with Crippen LogP contribution in [0.5, 0.6) is 0 Å². The molecule has 0 spiro atoms. The summed E-state index contributed by atoms with van der Waals surface area (Å²) in [4.78, 5) is 7.65. The van der Waals surface area contributed by atoms with Crippen LogP contribution in [-0.2, 0) is 21.7 Å². The van der Waals surface area contributed by atoms with Gasteiger partial charge < -0.3 is 23.5 Å². The first kappa shape index (κ1) is 54.2. The zero-order chi connectivity index (χ0) is 59.4. The molecule has 14 rings (SSSR count). The van der Waals surface area contributed by atoms with Gasteiger partial charge in [0.1, 0.15) is 16.7 Å². The van der Waals surface area contributed by atoms with Crippen molar-refractivity contribution in [2.24, 2.45) is 0 Å². The summed E-state index contributed by atoms with van der Waals surface area (Å²) < 4.78 is 13.6. The van der Waals surface area contributed by atoms with Crippen LogP contribution in [0.25, 0.3) is 55.0 Å². The molecule has 5 nitrogen and oxygen atoms in total. The van der Waals surface area contributed by atoms with Gasteiger partial charge in [0, 0.05) is 66.9 Å². The summed E-state index contributed by atoms with van der Waals surface area (Å²) in [6, 6.07) is 71.0. The normalized spacial score (nSPS) is 13.5. The molecule has 6 heteroatoms. The number of fused-ring (bicyclic) bond motifs is 10. The van der Waals surface area contributed by atoms with Gasteiger partial charge in [-0.3, -0.25) is 0 Å². The molecule has 12 aromatic rings. The summed E-state index contributed by atoms with van der Waals surface area (Å²) in [6.07, 6.45) is 0. The Morgan fingerprint density at radius 2 is 0.953 bits per heavy atom. The van der Waals surface area contributed by atoms with Crippen molar-refractivity contribution in [3.05, 3.63) is 227 Å². The van der Waals surface area contributed by atoms with E-state index in [-0.39, 0.29) is 28.4 Å². The smallest absolute Gasteiger partial charge is 0.252 e. The van der Waals surface area contributed by atoms with E-state index in [0.717, 1.165) is 83.4 Å². The molecule has 0 atom stereocenters. The summed E-state index contributed by atoms with van der Waals surface area (Å²) in [7, 11) is 0. The van der Waals surface area contributed by atoms with Gasteiger partial charge in [0.25, 0.3) is 6.71 Å². The van der Waals surface area contributed by atoms with E-state index < -0.39 is 0 Å². The maximum atomic E-state index is 7.25. The molecule has 0 fully saturated rings. The lowest BCUT2D eigenvalue weighted by Gasteiger charge is -2.46. The molecule has 0 amide bonds. The highest BCUT2D eigenvalue weighted by Gasteiger charge is 2.45. The minimum absolute atomic E-state index is 0.0195. The quantitative estimate of drug-likeness (QED) is 0.155. The Morgan fingerprint density at radius 3 is 1.62 bits per heavy atom. The van der Waals surface area contributed by atoms with Crippen molar-refractivity contribution in [3.63, 3.8) is 0 Å². The van der Waals surface area contributed by atoms with E-state index in [2.05, 4.69) is 301 Å². The summed E-state index contributed by atoms with van der Waals surface area (Å²) in [6.45, 7) is 34.5. The summed E-state index contributed by atoms with van der Waals surface area (Å²) in [5.74, 6) is 0. The van der Waals surface area contributed by atoms with Crippen molar-refractivity contribution < 1.29 is 8.83 Å². The molecule has 2 aliphatic heterocycles. The van der Waals surface area contributed by atoms with Crippen LogP contribution in [0, 0.1) is 20.8 Å². The molecule has 0 saturated carbocycles. The SMILES string of the molecule is Cc1ccc2c(c1)N(c1ccc(-c3ccc4c(c3)oc3ccccc34)cc1)c1cc(C(C)(C)C)cc3c1B2c1ccc(N(c2ccc(C(C)(C)C)cc2)c2cccc4c2oc2c(C(C)(C)C)cccc24)cc1N3c1c(C)cc(C(C)(C)C)cc1C. The molecule has 2 aromatic heterocycles. The number of nitrogens with zero attached hydrogens (tertiary/aromatic N) is 3. The molecule has 10 aromatic carbocycles. The van der Waals surface area contributed by atoms with E-state index in [0.29, 0.717) is 0 Å². The molecule has 0 saturated heterocycles. The van der Waals surface area contributed by atoms with Crippen LogP contribution in [-0.4, -0.2) is 6.71 Å². The van der Waals surface area contributed by atoms with E-state index in [9.17, 15) is 0 Å². The molecule has 0 unspecified atom stereocenters. The fraction of sp³-hybridized carbons (Fsp3) is 0.241. The van der Waals surface area contributed by atoms with Crippen LogP contribution in [0.4, 0.5) is 51.2 Å². The van der Waals surface area contributed by atoms with Gasteiger partial charge in [0.2, 0.25) is 0 Å². The van der Waals surface area contributed by atoms with E-state index in [1.54, 1.807) is 0 Å². The number of para-hydroxylation sites is 3. The van der Waals surface area contributed by atoms with Gasteiger partial charge in [0.05, 0.1) is 11.4 Å². The fourth-order valence-electron chi connectivity index (χ4n) is 13.7. The second kappa shape index (κ2) is 19.1. The number of furan rings is 2. The fourth-order valence-corrected chi connectivity index (χ4v) is 13.7. The molecule has 0 radical (unpaired) electrons. The lowest BCUT2D eigenvalue weighted by molar-refractivity contribution is 0.573. The van der Waals surface area contributed by atoms with Crippen LogP contribution < -0.4 is 31.1 Å². The van der Waals surface area contributed by atoms with Crippen LogP contribution in [0.3, 0.4) is 0 Å². The highest BCUT2D eigenvalue weighted by Crippen LogP contribution is 2.51. The summed E-state index contributed by atoms with van der Waals surface area (Å²) in [5, 5.41) is 4.51. The number of anilines is 9. The molecular formula is C79H76BN3O2. The van der Waals surface area contributed by atoms with E-state index in [1.807, 2.05) is 6.07 Å². The third-order valence-corrected chi connectivity index (χ3v) is 18.3. The van der Waals surface area contributed by atoms with Crippen molar-refractivity contribution in [2.75, 3.05) is 14.7 Å². The summed E-state index contributed by atoms with van der Waals surface area (Å²) in [5.41, 5.74) is 28.4. The Morgan fingerprint density at radius 1 is 0.388 bits per heavy atom. The van der Waals surface area contributed by atoms with Crippen LogP contribution in [0.2, 0.25) is 0 Å². The van der Waals surface area contributed by atoms with Crippen LogP contribution in [0.15, 0.2) is 197 Å². The van der Waals surface area contributed by atoms with Gasteiger partial charge in [-0.1, -0.05) is 192 Å². The minimum Gasteiger partial charge on any atom is -0.456 e. The van der Waals surface area contributed by atoms with Gasteiger partial charge in [-0.25, -0.2) is 0 Å². The Bertz CT molecular complexity index is 4660. The van der Waals surface area contributed by atoms with E-state index in [4.69, 9.17) is 8.83 Å². The van der Waals surface area contributed by atoms with Gasteiger partial charge in [-0.2, -0.15) is 0 Å². The average molecular weight is 1110 g/mol. The van der Waals surface area contributed by atoms with Crippen molar-refractivity contribution in [3.8, 4) is 11.1 Å². The number of rotatable bonds is 6. The number of hydrogen-bond donors (Lipinski definition) is 0. The number of aryl methyl sites for hydroxylation is 3. The lowest BCUT2D eigenvalue weighted by atomic mass is 9.33. The molecule has 422 valence electrons. The van der Waals surface area contributed by atoms with E-state index in [1.165, 1.54) is 78.1 Å². The largest absolute Gasteiger partial charge is 0.456 e. The average Bonchev–Trinajstić information content (AvgIpc) is 1.44. The Kier molecular flexibility index (Phi) is 12.2. The first-order valence-corrected chi connectivity index (χ1v) is 30.4. The minimum atomic E-state index is -0.194. The Hall–Kier alpha value is -8.74. The van der Waals surface area contributed by atoms with Gasteiger partial charge in [-0.15, -0.1) is 0 Å². The van der Waals surface area contributed by atoms with Crippen LogP contribution >= 0.6 is 0 Å². The highest BCUT2D eigenvalue weighted by atomic mass is 16.3. The summed E-state index contributed by atoms with van der Waals surface area (Å²) >= 11 is 0. The number of hydrogen-bond acceptors (Lipinski definition) is 5. The molecule has 85 heavy (non-hydrogen) atoms. The first-order chi connectivity index (χ1) is 40.4. The Labute approximate surface area is 502 Å². The molecule has 2 aliphatic rings. The van der Waals surface area contributed by atoms with Crippen molar-refractivity contribution >= 4 is 118 Å². The maximum absolute atomic E-state index is 7.25. The van der Waals surface area contributed by atoms with Crippen molar-refractivity contribution in [1.82, 2.24) is 0 Å². The molecule has 0 bridgehead atoms. The second-order valence-electron chi connectivity index (χ2n) is 28.5. The predicted octanol–water partition coefficient (Wildman–Crippen LogP) is 20.8. The van der Waals surface area contributed by atoms with Gasteiger partial charge in [-0.05, 0) is 182 Å². The highest BCUT2D eigenvalue weighted by molar-refractivity contribution is 7.00. The van der Waals surface area contributed by atoms with Gasteiger partial charge in [0.15, 0.2) is 5.58 Å². The molecule has 0 N–H and O–H groups in total. The third kappa shape index (κ3) is 8.88. The lowest BCUT2D eigenvalue weighted by Crippen LogP contribution is -2.61. The van der Waals surface area contributed by atoms with Crippen LogP contribution in [0.1, 0.15) is 122 Å². The molecule has 4 heterocycles. The van der Waals surface area contributed by atoms with Crippen molar-refractivity contribution in [1.29, 1.82) is 0 Å². The third-order valence-electron chi connectivity index (χ3n) is 18.3. The van der Waals surface area contributed by atoms with Gasteiger partial charge >= 0.3 is 0 Å². The Balaban J connectivity index is 1.02. The number of benzene rings is 10. The second-order valence-corrected chi connectivity index (χ2v) is 28.5. The topological polar surface area (TPSA) is 36.0 Å². The standard InChI is InChI=1S/C79H76BN3O2/c1-47-26-38-63-66(40-47)82(56-32-27-50(28-33-56)51-29-37-59-58-20-16-17-25-70(58)84-71(59)43-51)68-44-54(78(10,11)12)45-69-72(68)80(63)64-39-36-57(46-67(64)83(69)73-48(2)41-53(42-49(73)3)77(7,8)9)81(55-34-30-52(31-35-55)76(4,5)6)65-24-19-22-61-60-21-18-23-62(79(13,14)15)74(60)85-75(61)65/h16-46H,1-15H3. The zero-order valence-corrected chi connectivity index (χ0v) is 52.1. The predicted molar refractivity (Wildman–Crippen MR) is 364 cm³/mol.